The van der Waals surface area contributed by atoms with Gasteiger partial charge in [0.1, 0.15) is 0 Å². The Labute approximate surface area is 207 Å². The van der Waals surface area contributed by atoms with E-state index in [0.29, 0.717) is 6.42 Å². The Hall–Kier alpha value is -0.830. The van der Waals surface area contributed by atoms with Crippen molar-refractivity contribution in [2.45, 2.75) is 148 Å². The molecule has 0 aromatic rings. The van der Waals surface area contributed by atoms with Crippen LogP contribution in [0.4, 0.5) is 0 Å². The molecular weight excluding hydrogens is 406 g/mol. The zero-order valence-corrected chi connectivity index (χ0v) is 22.8. The summed E-state index contributed by atoms with van der Waals surface area (Å²) in [5.41, 5.74) is 0. The van der Waals surface area contributed by atoms with E-state index in [0.717, 1.165) is 25.2 Å². The second kappa shape index (κ2) is 25.8. The first-order valence-corrected chi connectivity index (χ1v) is 14.6. The molecule has 0 amide bonds. The Bertz CT molecular complexity index is 433. The zero-order chi connectivity index (χ0) is 24.4. The van der Waals surface area contributed by atoms with Gasteiger partial charge in [0.2, 0.25) is 0 Å². The molecule has 0 saturated heterocycles. The lowest BCUT2D eigenvalue weighted by Gasteiger charge is -2.19. The van der Waals surface area contributed by atoms with Crippen molar-refractivity contribution in [3.8, 4) is 0 Å². The van der Waals surface area contributed by atoms with Gasteiger partial charge in [0.25, 0.3) is 0 Å². The summed E-state index contributed by atoms with van der Waals surface area (Å²) in [5.74, 6) is 0.260. The van der Waals surface area contributed by atoms with Crippen molar-refractivity contribution in [3.63, 3.8) is 0 Å². The predicted molar refractivity (Wildman–Crippen MR) is 146 cm³/mol. The molecular formula is C30H59NO2. The second-order valence-electron chi connectivity index (χ2n) is 10.5. The topological polar surface area (TPSA) is 40.5 Å². The maximum Gasteiger partial charge on any atom is 0.303 e. The second-order valence-corrected chi connectivity index (χ2v) is 10.5. The third-order valence-corrected chi connectivity index (χ3v) is 6.86. The summed E-state index contributed by atoms with van der Waals surface area (Å²) in [7, 11) is 4.42. The van der Waals surface area contributed by atoms with Crippen molar-refractivity contribution in [2.75, 3.05) is 20.6 Å². The largest absolute Gasteiger partial charge is 0.481 e. The normalized spacial score (nSPS) is 12.7. The average Bonchev–Trinajstić information content (AvgIpc) is 2.78. The van der Waals surface area contributed by atoms with Gasteiger partial charge in [-0.05, 0) is 58.7 Å². The molecule has 0 bridgehead atoms. The third-order valence-electron chi connectivity index (χ3n) is 6.86. The summed E-state index contributed by atoms with van der Waals surface area (Å²) in [6.07, 6.45) is 32.9. The van der Waals surface area contributed by atoms with Crippen LogP contribution in [0.1, 0.15) is 148 Å². The summed E-state index contributed by atoms with van der Waals surface area (Å²) in [6, 6.07) is 0. The fourth-order valence-corrected chi connectivity index (χ4v) is 4.63. The van der Waals surface area contributed by atoms with E-state index >= 15 is 0 Å². The van der Waals surface area contributed by atoms with Crippen LogP contribution in [-0.4, -0.2) is 36.6 Å². The number of unbranched alkanes of at least 4 members (excludes halogenated alkanes) is 15. The standard InChI is InChI=1S/C30H59NO2/c1-4-5-6-7-15-18-21-24-29(27-28-31(2)3)25-22-19-16-13-11-9-8-10-12-14-17-20-23-26-30(32)33/h14,17,29H,4-13,15-16,18-28H2,1-3H3,(H,32,33)/b17-14-. The molecule has 0 radical (unpaired) electrons. The minimum absolute atomic E-state index is 0.292. The molecule has 0 fully saturated rings. The van der Waals surface area contributed by atoms with Crippen LogP contribution in [0.25, 0.3) is 0 Å². The van der Waals surface area contributed by atoms with E-state index in [9.17, 15) is 4.79 Å². The first kappa shape index (κ1) is 32.2. The fraction of sp³-hybridized carbons (Fsp3) is 0.900. The summed E-state index contributed by atoms with van der Waals surface area (Å²) in [5, 5.41) is 8.61. The minimum Gasteiger partial charge on any atom is -0.481 e. The molecule has 1 unspecified atom stereocenters. The van der Waals surface area contributed by atoms with Gasteiger partial charge in [-0.25, -0.2) is 0 Å². The van der Waals surface area contributed by atoms with Gasteiger partial charge < -0.3 is 10.0 Å². The molecule has 33 heavy (non-hydrogen) atoms. The number of hydrogen-bond acceptors (Lipinski definition) is 2. The summed E-state index contributed by atoms with van der Waals surface area (Å²) in [6.45, 7) is 3.55. The highest BCUT2D eigenvalue weighted by Crippen LogP contribution is 2.22. The van der Waals surface area contributed by atoms with E-state index in [1.165, 1.54) is 122 Å². The van der Waals surface area contributed by atoms with Crippen LogP contribution in [0.3, 0.4) is 0 Å². The first-order chi connectivity index (χ1) is 16.1. The molecule has 0 aromatic heterocycles. The van der Waals surface area contributed by atoms with Gasteiger partial charge in [-0.1, -0.05) is 122 Å². The molecule has 1 N–H and O–H groups in total. The zero-order valence-electron chi connectivity index (χ0n) is 22.8. The van der Waals surface area contributed by atoms with E-state index in [4.69, 9.17) is 5.11 Å². The number of carboxylic acid groups (broad SMARTS) is 1. The molecule has 0 heterocycles. The molecule has 3 nitrogen and oxygen atoms in total. The highest BCUT2D eigenvalue weighted by atomic mass is 16.4. The Morgan fingerprint density at radius 1 is 0.667 bits per heavy atom. The minimum atomic E-state index is -0.684. The van der Waals surface area contributed by atoms with Crippen LogP contribution in [0, 0.1) is 5.92 Å². The Kier molecular flexibility index (Phi) is 25.1. The smallest absolute Gasteiger partial charge is 0.303 e. The molecule has 0 aliphatic rings. The van der Waals surface area contributed by atoms with E-state index in [1.54, 1.807) is 0 Å². The average molecular weight is 466 g/mol. The van der Waals surface area contributed by atoms with E-state index in [1.807, 2.05) is 0 Å². The van der Waals surface area contributed by atoms with Crippen molar-refractivity contribution in [2.24, 2.45) is 5.92 Å². The molecule has 0 saturated carbocycles. The van der Waals surface area contributed by atoms with Crippen molar-refractivity contribution >= 4 is 5.97 Å². The molecule has 0 spiro atoms. The molecule has 1 atom stereocenters. The predicted octanol–water partition coefficient (Wildman–Crippen LogP) is 9.41. The molecule has 0 aromatic carbocycles. The van der Waals surface area contributed by atoms with Gasteiger partial charge in [0.15, 0.2) is 0 Å². The summed E-state index contributed by atoms with van der Waals surface area (Å²) >= 11 is 0. The van der Waals surface area contributed by atoms with E-state index < -0.39 is 5.97 Å². The lowest BCUT2D eigenvalue weighted by molar-refractivity contribution is -0.137. The van der Waals surface area contributed by atoms with Crippen LogP contribution in [0.2, 0.25) is 0 Å². The van der Waals surface area contributed by atoms with Gasteiger partial charge in [-0.2, -0.15) is 0 Å². The Balaban J connectivity index is 3.60. The first-order valence-electron chi connectivity index (χ1n) is 14.6. The van der Waals surface area contributed by atoms with Crippen LogP contribution < -0.4 is 0 Å². The van der Waals surface area contributed by atoms with E-state index in [-0.39, 0.29) is 0 Å². The number of carboxylic acids is 1. The van der Waals surface area contributed by atoms with Gasteiger partial charge >= 0.3 is 5.97 Å². The molecule has 0 rings (SSSR count). The van der Waals surface area contributed by atoms with Crippen molar-refractivity contribution < 1.29 is 9.90 Å². The third kappa shape index (κ3) is 27.3. The SMILES string of the molecule is CCCCCCCCCC(CCCCCCCCCC/C=C\CCCC(=O)O)CCN(C)C. The Morgan fingerprint density at radius 2 is 1.12 bits per heavy atom. The molecule has 0 aliphatic heterocycles. The van der Waals surface area contributed by atoms with Gasteiger partial charge in [0, 0.05) is 6.42 Å². The summed E-state index contributed by atoms with van der Waals surface area (Å²) in [4.78, 5) is 12.8. The Morgan fingerprint density at radius 3 is 1.61 bits per heavy atom. The maximum absolute atomic E-state index is 10.5. The van der Waals surface area contributed by atoms with E-state index in [2.05, 4.69) is 38.1 Å². The number of aliphatic carboxylic acids is 1. The lowest BCUT2D eigenvalue weighted by Crippen LogP contribution is -2.17. The van der Waals surface area contributed by atoms with Crippen molar-refractivity contribution in [3.05, 3.63) is 12.2 Å². The van der Waals surface area contributed by atoms with Crippen LogP contribution >= 0.6 is 0 Å². The molecule has 0 aliphatic carbocycles. The highest BCUT2D eigenvalue weighted by molar-refractivity contribution is 5.66. The maximum atomic E-state index is 10.5. The number of allylic oxidation sites excluding steroid dienone is 2. The van der Waals surface area contributed by atoms with Crippen LogP contribution in [0.5, 0.6) is 0 Å². The summed E-state index contributed by atoms with van der Waals surface area (Å²) < 4.78 is 0. The highest BCUT2D eigenvalue weighted by Gasteiger charge is 2.09. The number of rotatable bonds is 26. The van der Waals surface area contributed by atoms with Gasteiger partial charge in [-0.15, -0.1) is 0 Å². The van der Waals surface area contributed by atoms with Gasteiger partial charge in [0.05, 0.1) is 0 Å². The quantitative estimate of drug-likeness (QED) is 0.102. The number of nitrogens with zero attached hydrogens (tertiary/aromatic N) is 1. The van der Waals surface area contributed by atoms with Crippen molar-refractivity contribution in [1.82, 2.24) is 4.90 Å². The lowest BCUT2D eigenvalue weighted by atomic mass is 9.91. The number of hydrogen-bond donors (Lipinski definition) is 1. The van der Waals surface area contributed by atoms with Gasteiger partial charge in [-0.3, -0.25) is 4.79 Å². The van der Waals surface area contributed by atoms with Crippen LogP contribution in [0.15, 0.2) is 12.2 Å². The molecule has 196 valence electrons. The van der Waals surface area contributed by atoms with Crippen molar-refractivity contribution in [1.29, 1.82) is 0 Å². The number of carbonyl (C=O) groups is 1. The fourth-order valence-electron chi connectivity index (χ4n) is 4.63. The monoisotopic (exact) mass is 465 g/mol. The van der Waals surface area contributed by atoms with Crippen LogP contribution in [-0.2, 0) is 4.79 Å². The molecule has 3 heteroatoms.